The van der Waals surface area contributed by atoms with E-state index in [0.717, 1.165) is 11.6 Å². The fraction of sp³-hybridized carbons (Fsp3) is 0.0667. The van der Waals surface area contributed by atoms with Crippen molar-refractivity contribution in [2.75, 3.05) is 5.32 Å². The molecule has 0 bridgehead atoms. The number of carbonyl (C=O) groups excluding carboxylic acids is 1. The van der Waals surface area contributed by atoms with Crippen molar-refractivity contribution in [1.29, 1.82) is 0 Å². The first-order valence-electron chi connectivity index (χ1n) is 6.58. The van der Waals surface area contributed by atoms with Crippen LogP contribution in [0.4, 0.5) is 11.4 Å². The quantitative estimate of drug-likeness (QED) is 0.344. The Kier molecular flexibility index (Phi) is 5.21. The van der Waals surface area contributed by atoms with Crippen LogP contribution >= 0.6 is 12.2 Å². The summed E-state index contributed by atoms with van der Waals surface area (Å²) in [5, 5.41) is 25.4. The van der Waals surface area contributed by atoms with Gasteiger partial charge in [-0.2, -0.15) is 0 Å². The highest BCUT2D eigenvalue weighted by Crippen LogP contribution is 2.27. The first-order valence-corrected chi connectivity index (χ1v) is 6.98. The average Bonchev–Trinajstić information content (AvgIpc) is 2.49. The van der Waals surface area contributed by atoms with Gasteiger partial charge in [-0.1, -0.05) is 30.3 Å². The second kappa shape index (κ2) is 7.32. The van der Waals surface area contributed by atoms with Gasteiger partial charge in [-0.25, -0.2) is 0 Å². The third kappa shape index (κ3) is 4.75. The lowest BCUT2D eigenvalue weighted by Crippen LogP contribution is -2.35. The third-order valence-electron chi connectivity index (χ3n) is 2.90. The molecule has 0 aliphatic rings. The molecule has 7 nitrogen and oxygen atoms in total. The summed E-state index contributed by atoms with van der Waals surface area (Å²) in [6.45, 7) is 0. The maximum atomic E-state index is 11.9. The highest BCUT2D eigenvalue weighted by Gasteiger charge is 2.12. The maximum absolute atomic E-state index is 11.9. The monoisotopic (exact) mass is 331 g/mol. The van der Waals surface area contributed by atoms with E-state index in [2.05, 4.69) is 10.6 Å². The summed E-state index contributed by atoms with van der Waals surface area (Å²) in [6, 6.07) is 12.7. The second-order valence-electron chi connectivity index (χ2n) is 4.62. The number of nitro benzene ring substituents is 1. The summed E-state index contributed by atoms with van der Waals surface area (Å²) in [7, 11) is 0. The van der Waals surface area contributed by atoms with Crippen molar-refractivity contribution in [1.82, 2.24) is 5.32 Å². The summed E-state index contributed by atoms with van der Waals surface area (Å²) >= 11 is 4.98. The van der Waals surface area contributed by atoms with Gasteiger partial charge in [-0.05, 0) is 23.8 Å². The molecule has 0 aliphatic carbocycles. The lowest BCUT2D eigenvalue weighted by molar-refractivity contribution is -0.384. The molecule has 0 aliphatic heterocycles. The van der Waals surface area contributed by atoms with Crippen molar-refractivity contribution in [2.24, 2.45) is 0 Å². The van der Waals surface area contributed by atoms with Gasteiger partial charge in [-0.15, -0.1) is 0 Å². The smallest absolute Gasteiger partial charge is 0.273 e. The zero-order chi connectivity index (χ0) is 16.8. The van der Waals surface area contributed by atoms with Crippen LogP contribution in [0.1, 0.15) is 5.56 Å². The Morgan fingerprint density at radius 2 is 1.91 bits per heavy atom. The summed E-state index contributed by atoms with van der Waals surface area (Å²) in [5.74, 6) is -0.644. The molecule has 0 radical (unpaired) electrons. The number of rotatable bonds is 4. The molecule has 3 N–H and O–H groups in total. The standard InChI is InChI=1S/C15H13N3O4S/c19-13-9-11(18(21)22)6-7-12(13)16-15(23)17-14(20)8-10-4-2-1-3-5-10/h1-7,9,19H,8H2,(H2,16,17,20,23). The largest absolute Gasteiger partial charge is 0.506 e. The van der Waals surface area contributed by atoms with Crippen LogP contribution in [0.2, 0.25) is 0 Å². The third-order valence-corrected chi connectivity index (χ3v) is 3.10. The summed E-state index contributed by atoms with van der Waals surface area (Å²) < 4.78 is 0. The molecule has 1 amide bonds. The van der Waals surface area contributed by atoms with Crippen molar-refractivity contribution < 1.29 is 14.8 Å². The number of aromatic hydroxyl groups is 1. The highest BCUT2D eigenvalue weighted by molar-refractivity contribution is 7.80. The van der Waals surface area contributed by atoms with Crippen LogP contribution in [0.3, 0.4) is 0 Å². The summed E-state index contributed by atoms with van der Waals surface area (Å²) in [5.41, 5.74) is 0.763. The van der Waals surface area contributed by atoms with E-state index in [0.29, 0.717) is 0 Å². The lowest BCUT2D eigenvalue weighted by Gasteiger charge is -2.10. The van der Waals surface area contributed by atoms with Gasteiger partial charge >= 0.3 is 0 Å². The Morgan fingerprint density at radius 3 is 2.52 bits per heavy atom. The van der Waals surface area contributed by atoms with Crippen LogP contribution < -0.4 is 10.6 Å². The molecule has 0 heterocycles. The van der Waals surface area contributed by atoms with Crippen LogP contribution in [0, 0.1) is 10.1 Å². The van der Waals surface area contributed by atoms with Gasteiger partial charge in [0.25, 0.3) is 5.69 Å². The summed E-state index contributed by atoms with van der Waals surface area (Å²) in [4.78, 5) is 21.8. The van der Waals surface area contributed by atoms with Crippen LogP contribution in [0.15, 0.2) is 48.5 Å². The van der Waals surface area contributed by atoms with Crippen molar-refractivity contribution in [2.45, 2.75) is 6.42 Å². The van der Waals surface area contributed by atoms with E-state index >= 15 is 0 Å². The molecule has 2 aromatic rings. The molecule has 118 valence electrons. The van der Waals surface area contributed by atoms with Crippen molar-refractivity contribution in [3.8, 4) is 5.75 Å². The van der Waals surface area contributed by atoms with E-state index in [-0.39, 0.29) is 34.6 Å². The normalized spacial score (nSPS) is 9.91. The van der Waals surface area contributed by atoms with Crippen molar-refractivity contribution in [3.05, 3.63) is 64.2 Å². The average molecular weight is 331 g/mol. The molecule has 8 heteroatoms. The highest BCUT2D eigenvalue weighted by atomic mass is 32.1. The fourth-order valence-corrected chi connectivity index (χ4v) is 2.07. The molecule has 0 atom stereocenters. The van der Waals surface area contributed by atoms with Crippen LogP contribution in [-0.4, -0.2) is 21.0 Å². The minimum absolute atomic E-state index is 0.00455. The number of non-ortho nitro benzene ring substituents is 1. The Balaban J connectivity index is 1.94. The zero-order valence-corrected chi connectivity index (χ0v) is 12.7. The van der Waals surface area contributed by atoms with Crippen molar-refractivity contribution in [3.63, 3.8) is 0 Å². The molecule has 0 fully saturated rings. The predicted molar refractivity (Wildman–Crippen MR) is 89.3 cm³/mol. The number of hydrogen-bond acceptors (Lipinski definition) is 5. The van der Waals surface area contributed by atoms with Gasteiger partial charge in [0.1, 0.15) is 5.75 Å². The van der Waals surface area contributed by atoms with Gasteiger partial charge in [0.05, 0.1) is 23.1 Å². The number of hydrogen-bond donors (Lipinski definition) is 3. The number of benzene rings is 2. The Hall–Kier alpha value is -3.00. The number of amides is 1. The van der Waals surface area contributed by atoms with E-state index < -0.39 is 4.92 Å². The molecule has 0 unspecified atom stereocenters. The van der Waals surface area contributed by atoms with E-state index in [4.69, 9.17) is 12.2 Å². The Morgan fingerprint density at radius 1 is 1.22 bits per heavy atom. The maximum Gasteiger partial charge on any atom is 0.273 e. The van der Waals surface area contributed by atoms with Gasteiger partial charge in [0.2, 0.25) is 5.91 Å². The number of nitro groups is 1. The SMILES string of the molecule is O=C(Cc1ccccc1)NC(=S)Nc1ccc([N+](=O)[O-])cc1O. The minimum Gasteiger partial charge on any atom is -0.506 e. The van der Waals surface area contributed by atoms with Gasteiger partial charge < -0.3 is 15.7 Å². The first-order chi connectivity index (χ1) is 11.0. The van der Waals surface area contributed by atoms with Crippen LogP contribution in [-0.2, 0) is 11.2 Å². The number of nitrogens with zero attached hydrogens (tertiary/aromatic N) is 1. The summed E-state index contributed by atoms with van der Waals surface area (Å²) in [6.07, 6.45) is 0.162. The molecular formula is C15H13N3O4S. The van der Waals surface area contributed by atoms with Crippen molar-refractivity contribution >= 4 is 34.6 Å². The molecule has 0 saturated carbocycles. The predicted octanol–water partition coefficient (Wildman–Crippen LogP) is 2.36. The number of thiocarbonyl (C=S) groups is 1. The van der Waals surface area contributed by atoms with Gasteiger partial charge in [0, 0.05) is 6.07 Å². The molecule has 0 aromatic heterocycles. The fourth-order valence-electron chi connectivity index (χ4n) is 1.84. The van der Waals surface area contributed by atoms with Crippen LogP contribution in [0.25, 0.3) is 0 Å². The molecule has 2 rings (SSSR count). The van der Waals surface area contributed by atoms with E-state index in [1.807, 2.05) is 30.3 Å². The van der Waals surface area contributed by atoms with Gasteiger partial charge in [-0.3, -0.25) is 14.9 Å². The Labute approximate surface area is 137 Å². The lowest BCUT2D eigenvalue weighted by atomic mass is 10.1. The number of phenols is 1. The molecule has 0 spiro atoms. The minimum atomic E-state index is -0.622. The topological polar surface area (TPSA) is 104 Å². The number of carbonyl (C=O) groups is 1. The first kappa shape index (κ1) is 16.4. The van der Waals surface area contributed by atoms with E-state index in [1.54, 1.807) is 0 Å². The number of nitrogens with one attached hydrogen (secondary N) is 2. The number of anilines is 1. The zero-order valence-electron chi connectivity index (χ0n) is 11.9. The van der Waals surface area contributed by atoms with Gasteiger partial charge in [0.15, 0.2) is 5.11 Å². The molecule has 2 aromatic carbocycles. The molecule has 0 saturated heterocycles. The number of phenolic OH excluding ortho intramolecular Hbond substituents is 1. The van der Waals surface area contributed by atoms with E-state index in [1.165, 1.54) is 12.1 Å². The second-order valence-corrected chi connectivity index (χ2v) is 5.03. The van der Waals surface area contributed by atoms with E-state index in [9.17, 15) is 20.0 Å². The molecular weight excluding hydrogens is 318 g/mol. The molecule has 23 heavy (non-hydrogen) atoms. The van der Waals surface area contributed by atoms with Crippen LogP contribution in [0.5, 0.6) is 5.75 Å². The Bertz CT molecular complexity index is 750.